The molecule has 2 saturated heterocycles. The Hall–Kier alpha value is -0.340. The van der Waals surface area contributed by atoms with Gasteiger partial charge in [0.05, 0.1) is 0 Å². The van der Waals surface area contributed by atoms with E-state index >= 15 is 0 Å². The van der Waals surface area contributed by atoms with Gasteiger partial charge in [-0.3, -0.25) is 4.90 Å². The molecular weight excluding hydrogens is 172 g/mol. The maximum absolute atomic E-state index is 2.69. The van der Waals surface area contributed by atoms with Crippen molar-refractivity contribution in [3.63, 3.8) is 0 Å². The SMILES string of the molecule is C/C=C/[C@@H]1CC[C@H]2CN(C)CCN2C1. The molecule has 0 amide bonds. The third-order valence-electron chi connectivity index (χ3n) is 3.61. The van der Waals surface area contributed by atoms with Crippen molar-refractivity contribution in [3.05, 3.63) is 12.2 Å². The number of piperidine rings is 1. The van der Waals surface area contributed by atoms with Crippen LogP contribution in [0.5, 0.6) is 0 Å². The van der Waals surface area contributed by atoms with Gasteiger partial charge < -0.3 is 4.90 Å². The Morgan fingerprint density at radius 2 is 2.00 bits per heavy atom. The van der Waals surface area contributed by atoms with Crippen LogP contribution in [0, 0.1) is 5.92 Å². The van der Waals surface area contributed by atoms with E-state index in [1.807, 2.05) is 0 Å². The molecule has 0 aromatic heterocycles. The van der Waals surface area contributed by atoms with Crippen LogP contribution in [0.1, 0.15) is 19.8 Å². The Balaban J connectivity index is 1.91. The monoisotopic (exact) mass is 194 g/mol. The zero-order valence-corrected chi connectivity index (χ0v) is 9.45. The summed E-state index contributed by atoms with van der Waals surface area (Å²) in [6, 6.07) is 0.843. The van der Waals surface area contributed by atoms with Crippen molar-refractivity contribution in [3.8, 4) is 0 Å². The normalized spacial score (nSPS) is 36.1. The molecule has 2 heteroatoms. The lowest BCUT2D eigenvalue weighted by atomic mass is 9.91. The molecule has 0 radical (unpaired) electrons. The molecule has 2 nitrogen and oxygen atoms in total. The highest BCUT2D eigenvalue weighted by Gasteiger charge is 2.30. The third kappa shape index (κ3) is 2.18. The molecule has 2 heterocycles. The fourth-order valence-electron chi connectivity index (χ4n) is 2.79. The van der Waals surface area contributed by atoms with Crippen LogP contribution in [-0.2, 0) is 0 Å². The standard InChI is InChI=1S/C12H22N2/c1-3-4-11-5-6-12-10-13(2)7-8-14(12)9-11/h3-4,11-12H,5-10H2,1-2H3/b4-3+/t11-,12+/m1/s1. The van der Waals surface area contributed by atoms with Crippen molar-refractivity contribution in [2.24, 2.45) is 5.92 Å². The van der Waals surface area contributed by atoms with Crippen LogP contribution in [0.4, 0.5) is 0 Å². The molecule has 14 heavy (non-hydrogen) atoms. The van der Waals surface area contributed by atoms with Gasteiger partial charge in [-0.1, -0.05) is 12.2 Å². The fourth-order valence-corrected chi connectivity index (χ4v) is 2.79. The largest absolute Gasteiger partial charge is 0.304 e. The minimum atomic E-state index is 0.819. The molecule has 2 aliphatic heterocycles. The molecule has 80 valence electrons. The first-order valence-electron chi connectivity index (χ1n) is 5.85. The van der Waals surface area contributed by atoms with Crippen LogP contribution < -0.4 is 0 Å². The number of likely N-dealkylation sites (N-methyl/N-ethyl adjacent to an activating group) is 1. The Labute approximate surface area is 87.6 Å². The highest BCUT2D eigenvalue weighted by atomic mass is 15.3. The van der Waals surface area contributed by atoms with E-state index in [-0.39, 0.29) is 0 Å². The van der Waals surface area contributed by atoms with Crippen molar-refractivity contribution < 1.29 is 0 Å². The summed E-state index contributed by atoms with van der Waals surface area (Å²) < 4.78 is 0. The quantitative estimate of drug-likeness (QED) is 0.585. The second-order valence-corrected chi connectivity index (χ2v) is 4.77. The summed E-state index contributed by atoms with van der Waals surface area (Å²) in [6.45, 7) is 7.23. The lowest BCUT2D eigenvalue weighted by Crippen LogP contribution is -2.55. The van der Waals surface area contributed by atoms with Gasteiger partial charge in [0.2, 0.25) is 0 Å². The van der Waals surface area contributed by atoms with E-state index < -0.39 is 0 Å². The number of allylic oxidation sites excluding steroid dienone is 1. The smallest absolute Gasteiger partial charge is 0.0224 e. The summed E-state index contributed by atoms with van der Waals surface area (Å²) in [5.41, 5.74) is 0. The summed E-state index contributed by atoms with van der Waals surface area (Å²) in [5, 5.41) is 0. The Bertz CT molecular complexity index is 212. The first-order valence-corrected chi connectivity index (χ1v) is 5.85. The summed E-state index contributed by atoms with van der Waals surface area (Å²) in [6.07, 6.45) is 7.37. The molecule has 2 rings (SSSR count). The topological polar surface area (TPSA) is 6.48 Å². The Kier molecular flexibility index (Phi) is 3.24. The molecule has 2 fully saturated rings. The van der Waals surface area contributed by atoms with Crippen molar-refractivity contribution in [1.29, 1.82) is 0 Å². The number of rotatable bonds is 1. The van der Waals surface area contributed by atoms with E-state index in [9.17, 15) is 0 Å². The highest BCUT2D eigenvalue weighted by molar-refractivity contribution is 4.94. The molecule has 0 bridgehead atoms. The van der Waals surface area contributed by atoms with Gasteiger partial charge in [-0.15, -0.1) is 0 Å². The highest BCUT2D eigenvalue weighted by Crippen LogP contribution is 2.25. The average Bonchev–Trinajstić information content (AvgIpc) is 2.19. The predicted octanol–water partition coefficient (Wildman–Crippen LogP) is 1.59. The molecule has 0 N–H and O–H groups in total. The summed E-state index contributed by atoms with van der Waals surface area (Å²) in [7, 11) is 2.25. The minimum Gasteiger partial charge on any atom is -0.304 e. The van der Waals surface area contributed by atoms with E-state index in [0.717, 1.165) is 12.0 Å². The van der Waals surface area contributed by atoms with E-state index in [4.69, 9.17) is 0 Å². The lowest BCUT2D eigenvalue weighted by molar-refractivity contribution is 0.0479. The van der Waals surface area contributed by atoms with Gasteiger partial charge in [0.25, 0.3) is 0 Å². The number of piperazine rings is 1. The van der Waals surface area contributed by atoms with Crippen LogP contribution in [-0.4, -0.2) is 49.1 Å². The second-order valence-electron chi connectivity index (χ2n) is 4.77. The third-order valence-corrected chi connectivity index (χ3v) is 3.61. The summed E-state index contributed by atoms with van der Waals surface area (Å²) in [5.74, 6) is 0.819. The van der Waals surface area contributed by atoms with Crippen molar-refractivity contribution in [1.82, 2.24) is 9.80 Å². The number of fused-ring (bicyclic) bond motifs is 1. The van der Waals surface area contributed by atoms with Gasteiger partial charge in [-0.05, 0) is 32.7 Å². The maximum atomic E-state index is 2.69. The van der Waals surface area contributed by atoms with Crippen LogP contribution in [0.2, 0.25) is 0 Å². The van der Waals surface area contributed by atoms with Gasteiger partial charge >= 0.3 is 0 Å². The van der Waals surface area contributed by atoms with Gasteiger partial charge in [-0.2, -0.15) is 0 Å². The summed E-state index contributed by atoms with van der Waals surface area (Å²) >= 11 is 0. The Morgan fingerprint density at radius 3 is 2.79 bits per heavy atom. The van der Waals surface area contributed by atoms with Crippen LogP contribution >= 0.6 is 0 Å². The van der Waals surface area contributed by atoms with Gasteiger partial charge in [-0.25, -0.2) is 0 Å². The molecule has 0 aromatic rings. The zero-order chi connectivity index (χ0) is 9.97. The molecule has 0 spiro atoms. The molecule has 2 atom stereocenters. The molecular formula is C12H22N2. The fraction of sp³-hybridized carbons (Fsp3) is 0.833. The first-order chi connectivity index (χ1) is 6.79. The molecule has 0 unspecified atom stereocenters. The number of hydrogen-bond donors (Lipinski definition) is 0. The van der Waals surface area contributed by atoms with E-state index in [0.29, 0.717) is 0 Å². The second kappa shape index (κ2) is 4.45. The van der Waals surface area contributed by atoms with Gasteiger partial charge in [0.1, 0.15) is 0 Å². The first kappa shape index (κ1) is 10.2. The molecule has 0 aliphatic carbocycles. The lowest BCUT2D eigenvalue weighted by Gasteiger charge is -2.45. The van der Waals surface area contributed by atoms with Crippen molar-refractivity contribution >= 4 is 0 Å². The number of hydrogen-bond acceptors (Lipinski definition) is 2. The van der Waals surface area contributed by atoms with Gasteiger partial charge in [0, 0.05) is 32.2 Å². The maximum Gasteiger partial charge on any atom is 0.0224 e. The van der Waals surface area contributed by atoms with Crippen molar-refractivity contribution in [2.45, 2.75) is 25.8 Å². The molecule has 0 saturated carbocycles. The number of nitrogens with zero attached hydrogens (tertiary/aromatic N) is 2. The minimum absolute atomic E-state index is 0.819. The van der Waals surface area contributed by atoms with Crippen LogP contribution in [0.3, 0.4) is 0 Å². The zero-order valence-electron chi connectivity index (χ0n) is 9.45. The average molecular weight is 194 g/mol. The predicted molar refractivity (Wildman–Crippen MR) is 60.4 cm³/mol. The van der Waals surface area contributed by atoms with E-state index in [1.54, 1.807) is 0 Å². The Morgan fingerprint density at radius 1 is 1.14 bits per heavy atom. The van der Waals surface area contributed by atoms with E-state index in [1.165, 1.54) is 39.0 Å². The summed E-state index contributed by atoms with van der Waals surface area (Å²) in [4.78, 5) is 5.16. The molecule has 0 aromatic carbocycles. The molecule has 2 aliphatic rings. The van der Waals surface area contributed by atoms with Gasteiger partial charge in [0.15, 0.2) is 0 Å². The van der Waals surface area contributed by atoms with Crippen LogP contribution in [0.15, 0.2) is 12.2 Å². The van der Waals surface area contributed by atoms with E-state index in [2.05, 4.69) is 35.9 Å². The van der Waals surface area contributed by atoms with Crippen LogP contribution in [0.25, 0.3) is 0 Å². The van der Waals surface area contributed by atoms with Crippen molar-refractivity contribution in [2.75, 3.05) is 33.2 Å².